The average Bonchev–Trinajstić information content (AvgIpc) is 2.48. The molecule has 1 aromatic carbocycles. The van der Waals surface area contributed by atoms with Gasteiger partial charge in [-0.15, -0.1) is 0 Å². The van der Waals surface area contributed by atoms with Gasteiger partial charge in [-0.2, -0.15) is 0 Å². The number of methoxy groups -OCH3 is 1. The molecule has 1 N–H and O–H groups in total. The summed E-state index contributed by atoms with van der Waals surface area (Å²) < 4.78 is 4.83. The topological polar surface area (TPSA) is 51.2 Å². The van der Waals surface area contributed by atoms with Crippen molar-refractivity contribution in [3.63, 3.8) is 0 Å². The number of hydrogen-bond donors (Lipinski definition) is 1. The van der Waals surface area contributed by atoms with E-state index in [1.165, 1.54) is 7.11 Å². The molecule has 0 aliphatic heterocycles. The molecule has 116 valence electrons. The van der Waals surface area contributed by atoms with Crippen molar-refractivity contribution in [2.75, 3.05) is 7.11 Å². The third-order valence-corrected chi connectivity index (χ3v) is 3.61. The summed E-state index contributed by atoms with van der Waals surface area (Å²) in [6.45, 7) is 0.379. The summed E-state index contributed by atoms with van der Waals surface area (Å²) in [7, 11) is 1.34. The third kappa shape index (κ3) is 4.58. The number of nitrogens with one attached hydrogen (secondary N) is 1. The molecule has 0 amide bonds. The van der Waals surface area contributed by atoms with Crippen molar-refractivity contribution in [2.24, 2.45) is 0 Å². The van der Waals surface area contributed by atoms with Crippen molar-refractivity contribution < 1.29 is 9.53 Å². The number of halogens is 3. The van der Waals surface area contributed by atoms with Gasteiger partial charge in [0.1, 0.15) is 16.3 Å². The lowest BCUT2D eigenvalue weighted by atomic mass is 10.1. The van der Waals surface area contributed by atoms with Crippen LogP contribution in [0, 0.1) is 0 Å². The summed E-state index contributed by atoms with van der Waals surface area (Å²) in [5.41, 5.74) is 1.57. The molecule has 0 radical (unpaired) electrons. The van der Waals surface area contributed by atoms with E-state index in [4.69, 9.17) is 39.5 Å². The maximum atomic E-state index is 12.0. The number of carbonyl (C=O) groups is 1. The predicted molar refractivity (Wildman–Crippen MR) is 87.3 cm³/mol. The first-order valence-electron chi connectivity index (χ1n) is 6.38. The van der Waals surface area contributed by atoms with Crippen molar-refractivity contribution >= 4 is 40.8 Å². The lowest BCUT2D eigenvalue weighted by Gasteiger charge is -2.17. The van der Waals surface area contributed by atoms with Crippen molar-refractivity contribution in [2.45, 2.75) is 12.6 Å². The van der Waals surface area contributed by atoms with Gasteiger partial charge in [0.05, 0.1) is 7.11 Å². The standard InChI is InChI=1S/C15H13Cl3N2O2/c1-22-15(21)14(10-2-4-11(16)5-3-10)19-8-9-6-12(17)20-13(18)7-9/h2-7,14,19H,8H2,1H3. The highest BCUT2D eigenvalue weighted by atomic mass is 35.5. The maximum Gasteiger partial charge on any atom is 0.327 e. The highest BCUT2D eigenvalue weighted by Gasteiger charge is 2.20. The molecule has 0 spiro atoms. The second-order valence-corrected chi connectivity index (χ2v) is 5.72. The van der Waals surface area contributed by atoms with E-state index < -0.39 is 12.0 Å². The molecule has 1 unspecified atom stereocenters. The van der Waals surface area contributed by atoms with E-state index in [2.05, 4.69) is 10.3 Å². The highest BCUT2D eigenvalue weighted by Crippen LogP contribution is 2.20. The third-order valence-electron chi connectivity index (χ3n) is 2.97. The summed E-state index contributed by atoms with van der Waals surface area (Å²) in [6, 6.07) is 9.71. The highest BCUT2D eigenvalue weighted by molar-refractivity contribution is 6.32. The molecule has 0 fully saturated rings. The van der Waals surface area contributed by atoms with Crippen LogP contribution < -0.4 is 5.32 Å². The van der Waals surface area contributed by atoms with E-state index in [0.29, 0.717) is 21.9 Å². The van der Waals surface area contributed by atoms with Gasteiger partial charge in [-0.25, -0.2) is 9.78 Å². The fraction of sp³-hybridized carbons (Fsp3) is 0.200. The molecule has 0 bridgehead atoms. The Morgan fingerprint density at radius 1 is 1.18 bits per heavy atom. The number of hydrogen-bond acceptors (Lipinski definition) is 4. The lowest BCUT2D eigenvalue weighted by molar-refractivity contribution is -0.143. The van der Waals surface area contributed by atoms with Crippen LogP contribution in [0.1, 0.15) is 17.2 Å². The van der Waals surface area contributed by atoms with Crippen molar-refractivity contribution in [3.05, 3.63) is 62.9 Å². The molecule has 1 atom stereocenters. The quantitative estimate of drug-likeness (QED) is 0.646. The summed E-state index contributed by atoms with van der Waals surface area (Å²) in [4.78, 5) is 15.8. The van der Waals surface area contributed by atoms with Crippen molar-refractivity contribution in [1.29, 1.82) is 0 Å². The first-order chi connectivity index (χ1) is 10.5. The Morgan fingerprint density at radius 3 is 2.32 bits per heavy atom. The number of esters is 1. The zero-order chi connectivity index (χ0) is 16.1. The molecule has 22 heavy (non-hydrogen) atoms. The summed E-state index contributed by atoms with van der Waals surface area (Å²) in [5.74, 6) is -0.395. The van der Waals surface area contributed by atoms with E-state index in [9.17, 15) is 4.79 Å². The van der Waals surface area contributed by atoms with Crippen LogP contribution >= 0.6 is 34.8 Å². The molecule has 7 heteroatoms. The summed E-state index contributed by atoms with van der Waals surface area (Å²) >= 11 is 17.6. The van der Waals surface area contributed by atoms with Gasteiger partial charge in [-0.05, 0) is 35.4 Å². The number of ether oxygens (including phenoxy) is 1. The normalized spacial score (nSPS) is 12.0. The Hall–Kier alpha value is -1.33. The zero-order valence-electron chi connectivity index (χ0n) is 11.6. The molecule has 0 saturated heterocycles. The fourth-order valence-electron chi connectivity index (χ4n) is 1.95. The van der Waals surface area contributed by atoms with Crippen LogP contribution in [0.15, 0.2) is 36.4 Å². The maximum absolute atomic E-state index is 12.0. The van der Waals surface area contributed by atoms with Gasteiger partial charge in [-0.1, -0.05) is 46.9 Å². The van der Waals surface area contributed by atoms with Crippen molar-refractivity contribution in [3.8, 4) is 0 Å². The fourth-order valence-corrected chi connectivity index (χ4v) is 2.58. The average molecular weight is 360 g/mol. The van der Waals surface area contributed by atoms with Crippen LogP contribution in [0.5, 0.6) is 0 Å². The molecule has 2 rings (SSSR count). The Morgan fingerprint density at radius 2 is 1.77 bits per heavy atom. The number of rotatable bonds is 5. The minimum absolute atomic E-state index is 0.297. The minimum Gasteiger partial charge on any atom is -0.468 e. The smallest absolute Gasteiger partial charge is 0.327 e. The Balaban J connectivity index is 2.16. The summed E-state index contributed by atoms with van der Waals surface area (Å²) in [6.07, 6.45) is 0. The van der Waals surface area contributed by atoms with Crippen LogP contribution in [-0.4, -0.2) is 18.1 Å². The Kier molecular flexibility index (Phi) is 6.03. The van der Waals surface area contributed by atoms with Crippen LogP contribution in [-0.2, 0) is 16.1 Å². The number of benzene rings is 1. The molecular formula is C15H13Cl3N2O2. The van der Waals surface area contributed by atoms with Gasteiger partial charge >= 0.3 is 5.97 Å². The molecule has 1 aromatic heterocycles. The predicted octanol–water partition coefficient (Wildman–Crippen LogP) is 4.05. The van der Waals surface area contributed by atoms with Crippen molar-refractivity contribution in [1.82, 2.24) is 10.3 Å². The van der Waals surface area contributed by atoms with E-state index in [1.807, 2.05) is 0 Å². The van der Waals surface area contributed by atoms with Crippen LogP contribution in [0.25, 0.3) is 0 Å². The molecule has 0 aliphatic carbocycles. The van der Waals surface area contributed by atoms with Gasteiger partial charge in [0.15, 0.2) is 0 Å². The largest absolute Gasteiger partial charge is 0.468 e. The van der Waals surface area contributed by atoms with Gasteiger partial charge < -0.3 is 4.74 Å². The zero-order valence-corrected chi connectivity index (χ0v) is 13.9. The second-order valence-electron chi connectivity index (χ2n) is 4.51. The molecule has 0 aliphatic rings. The van der Waals surface area contributed by atoms with E-state index >= 15 is 0 Å². The number of nitrogens with zero attached hydrogens (tertiary/aromatic N) is 1. The van der Waals surface area contributed by atoms with Gasteiger partial charge in [0, 0.05) is 11.6 Å². The molecule has 0 saturated carbocycles. The van der Waals surface area contributed by atoms with E-state index in [0.717, 1.165) is 11.1 Å². The second kappa shape index (κ2) is 7.79. The Bertz CT molecular complexity index is 642. The number of aromatic nitrogens is 1. The number of pyridine rings is 1. The lowest BCUT2D eigenvalue weighted by Crippen LogP contribution is -2.29. The van der Waals surface area contributed by atoms with Crippen LogP contribution in [0.3, 0.4) is 0 Å². The van der Waals surface area contributed by atoms with Gasteiger partial charge in [0.2, 0.25) is 0 Å². The minimum atomic E-state index is -0.618. The first kappa shape index (κ1) is 17.0. The molecule has 1 heterocycles. The molecule has 4 nitrogen and oxygen atoms in total. The van der Waals surface area contributed by atoms with Gasteiger partial charge in [-0.3, -0.25) is 5.32 Å². The first-order valence-corrected chi connectivity index (χ1v) is 7.51. The summed E-state index contributed by atoms with van der Waals surface area (Å²) in [5, 5.41) is 4.30. The van der Waals surface area contributed by atoms with E-state index in [1.54, 1.807) is 36.4 Å². The van der Waals surface area contributed by atoms with Crippen LogP contribution in [0.4, 0.5) is 0 Å². The SMILES string of the molecule is COC(=O)C(NCc1cc(Cl)nc(Cl)c1)c1ccc(Cl)cc1. The molecule has 2 aromatic rings. The molecular weight excluding hydrogens is 347 g/mol. The monoisotopic (exact) mass is 358 g/mol. The number of carbonyl (C=O) groups excluding carboxylic acids is 1. The van der Waals surface area contributed by atoms with Gasteiger partial charge in [0.25, 0.3) is 0 Å². The van der Waals surface area contributed by atoms with E-state index in [-0.39, 0.29) is 0 Å². The Labute approximate surface area is 143 Å². The van der Waals surface area contributed by atoms with Crippen LogP contribution in [0.2, 0.25) is 15.3 Å².